The Morgan fingerprint density at radius 3 is 2.85 bits per heavy atom. The molecule has 0 unspecified atom stereocenters. The topological polar surface area (TPSA) is 24.4 Å². The van der Waals surface area contributed by atoms with Crippen molar-refractivity contribution in [2.24, 2.45) is 10.9 Å². The van der Waals surface area contributed by atoms with E-state index >= 15 is 0 Å². The van der Waals surface area contributed by atoms with Gasteiger partial charge in [-0.05, 0) is 72.4 Å². The van der Waals surface area contributed by atoms with Gasteiger partial charge in [0.25, 0.3) is 0 Å². The van der Waals surface area contributed by atoms with Gasteiger partial charge in [-0.2, -0.15) is 0 Å². The van der Waals surface area contributed by atoms with Gasteiger partial charge in [-0.25, -0.2) is 4.39 Å². The van der Waals surface area contributed by atoms with E-state index < -0.39 is 0 Å². The molecule has 1 heterocycles. The molecule has 1 saturated carbocycles. The second-order valence-electron chi connectivity index (χ2n) is 5.86. The van der Waals surface area contributed by atoms with Crippen LogP contribution in [0.15, 0.2) is 23.2 Å². The third-order valence-electron chi connectivity index (χ3n) is 4.19. The molecule has 1 aliphatic heterocycles. The van der Waals surface area contributed by atoms with Crippen LogP contribution < -0.4 is 5.32 Å². The van der Waals surface area contributed by atoms with Gasteiger partial charge in [-0.3, -0.25) is 4.99 Å². The van der Waals surface area contributed by atoms with E-state index in [2.05, 4.69) is 34.8 Å². The van der Waals surface area contributed by atoms with Crippen LogP contribution in [0.2, 0.25) is 0 Å². The van der Waals surface area contributed by atoms with E-state index in [-0.39, 0.29) is 11.4 Å². The lowest BCUT2D eigenvalue weighted by Gasteiger charge is -2.32. The summed E-state index contributed by atoms with van der Waals surface area (Å²) in [4.78, 5) is 4.94. The Kier molecular flexibility index (Phi) is 4.26. The Labute approximate surface area is 137 Å². The van der Waals surface area contributed by atoms with Crippen molar-refractivity contribution >= 4 is 45.2 Å². The second-order valence-corrected chi connectivity index (χ2v) is 7.99. The van der Waals surface area contributed by atoms with Gasteiger partial charge in [0, 0.05) is 9.32 Å². The van der Waals surface area contributed by atoms with Crippen LogP contribution in [0.5, 0.6) is 0 Å². The summed E-state index contributed by atoms with van der Waals surface area (Å²) in [7, 11) is 0. The number of rotatable bonds is 1. The van der Waals surface area contributed by atoms with Crippen LogP contribution in [0, 0.1) is 15.3 Å². The average molecular weight is 404 g/mol. The number of amidine groups is 1. The lowest BCUT2D eigenvalue weighted by Crippen LogP contribution is -2.32. The molecule has 1 aromatic rings. The standard InChI is InChI=1S/C15H18FIN2S/c1-10-4-6-15(7-5-10)9-20-14(19-15)18-13-3-2-11(16)8-12(13)17/h2-3,8,10H,4-7,9H2,1H3,(H,18,19). The molecule has 1 fully saturated rings. The van der Waals surface area contributed by atoms with E-state index in [0.29, 0.717) is 0 Å². The van der Waals surface area contributed by atoms with Crippen LogP contribution in [-0.2, 0) is 0 Å². The summed E-state index contributed by atoms with van der Waals surface area (Å²) in [5.74, 6) is 1.73. The molecule has 20 heavy (non-hydrogen) atoms. The molecule has 3 rings (SSSR count). The molecule has 1 aliphatic carbocycles. The molecule has 5 heteroatoms. The fourth-order valence-corrected chi connectivity index (χ4v) is 4.62. The van der Waals surface area contributed by atoms with Gasteiger partial charge in [0.1, 0.15) is 5.82 Å². The first-order valence-electron chi connectivity index (χ1n) is 7.01. The highest BCUT2D eigenvalue weighted by Gasteiger charge is 2.38. The lowest BCUT2D eigenvalue weighted by molar-refractivity contribution is 0.273. The summed E-state index contributed by atoms with van der Waals surface area (Å²) in [5, 5.41) is 4.35. The van der Waals surface area contributed by atoms with E-state index in [0.717, 1.165) is 26.1 Å². The number of nitrogens with one attached hydrogen (secondary N) is 1. The van der Waals surface area contributed by atoms with Crippen LogP contribution in [0.1, 0.15) is 32.6 Å². The Morgan fingerprint density at radius 1 is 1.40 bits per heavy atom. The first-order valence-corrected chi connectivity index (χ1v) is 9.07. The molecule has 0 aromatic heterocycles. The summed E-state index contributed by atoms with van der Waals surface area (Å²) < 4.78 is 14.0. The molecule has 108 valence electrons. The van der Waals surface area contributed by atoms with Gasteiger partial charge in [0.2, 0.25) is 0 Å². The minimum atomic E-state index is -0.196. The van der Waals surface area contributed by atoms with Gasteiger partial charge in [0.05, 0.1) is 11.2 Å². The van der Waals surface area contributed by atoms with Gasteiger partial charge >= 0.3 is 0 Å². The molecule has 0 saturated heterocycles. The average Bonchev–Trinajstić information content (AvgIpc) is 2.80. The van der Waals surface area contributed by atoms with Gasteiger partial charge in [0.15, 0.2) is 5.17 Å². The lowest BCUT2D eigenvalue weighted by atomic mass is 9.79. The monoisotopic (exact) mass is 404 g/mol. The zero-order valence-electron chi connectivity index (χ0n) is 11.5. The smallest absolute Gasteiger partial charge is 0.161 e. The Hall–Kier alpha value is -0.300. The number of nitrogens with zero attached hydrogens (tertiary/aromatic N) is 1. The molecule has 0 radical (unpaired) electrons. The van der Waals surface area contributed by atoms with Crippen LogP contribution >= 0.6 is 34.4 Å². The Balaban J connectivity index is 1.72. The van der Waals surface area contributed by atoms with Crippen molar-refractivity contribution in [3.05, 3.63) is 27.6 Å². The van der Waals surface area contributed by atoms with Gasteiger partial charge in [-0.15, -0.1) is 0 Å². The highest BCUT2D eigenvalue weighted by atomic mass is 127. The molecule has 1 spiro atoms. The van der Waals surface area contributed by atoms with E-state index in [9.17, 15) is 4.39 Å². The number of anilines is 1. The molecule has 0 amide bonds. The predicted molar refractivity (Wildman–Crippen MR) is 93.0 cm³/mol. The SMILES string of the molecule is CC1CCC2(CC1)CSC(Nc1ccc(F)cc1I)=N2. The molecule has 2 aliphatic rings. The van der Waals surface area contributed by atoms with E-state index in [1.165, 1.54) is 31.7 Å². The van der Waals surface area contributed by atoms with E-state index in [1.807, 2.05) is 0 Å². The zero-order chi connectivity index (χ0) is 14.2. The normalized spacial score (nSPS) is 29.6. The molecule has 1 N–H and O–H groups in total. The van der Waals surface area contributed by atoms with Crippen LogP contribution in [0.4, 0.5) is 10.1 Å². The predicted octanol–water partition coefficient (Wildman–Crippen LogP) is 4.89. The minimum Gasteiger partial charge on any atom is -0.334 e. The zero-order valence-corrected chi connectivity index (χ0v) is 14.4. The van der Waals surface area contributed by atoms with E-state index in [1.54, 1.807) is 23.9 Å². The molecule has 1 aromatic carbocycles. The van der Waals surface area contributed by atoms with Gasteiger partial charge < -0.3 is 5.32 Å². The maximum absolute atomic E-state index is 13.1. The fourth-order valence-electron chi connectivity index (χ4n) is 2.81. The summed E-state index contributed by atoms with van der Waals surface area (Å²) in [5.41, 5.74) is 1.10. The third kappa shape index (κ3) is 3.13. The highest BCUT2D eigenvalue weighted by Crippen LogP contribution is 2.41. The summed E-state index contributed by atoms with van der Waals surface area (Å²) >= 11 is 3.95. The summed E-state index contributed by atoms with van der Waals surface area (Å²) in [6.07, 6.45) is 4.97. The number of benzene rings is 1. The van der Waals surface area contributed by atoms with E-state index in [4.69, 9.17) is 4.99 Å². The first-order chi connectivity index (χ1) is 9.56. The van der Waals surface area contributed by atoms with Crippen LogP contribution in [0.3, 0.4) is 0 Å². The number of hydrogen-bond donors (Lipinski definition) is 1. The van der Waals surface area contributed by atoms with Crippen molar-refractivity contribution in [3.8, 4) is 0 Å². The van der Waals surface area contributed by atoms with Crippen LogP contribution in [-0.4, -0.2) is 16.5 Å². The highest BCUT2D eigenvalue weighted by molar-refractivity contribution is 14.1. The maximum atomic E-state index is 13.1. The Morgan fingerprint density at radius 2 is 2.15 bits per heavy atom. The fraction of sp³-hybridized carbons (Fsp3) is 0.533. The van der Waals surface area contributed by atoms with Crippen LogP contribution in [0.25, 0.3) is 0 Å². The molecule has 2 nitrogen and oxygen atoms in total. The third-order valence-corrected chi connectivity index (χ3v) is 6.23. The molecule has 0 bridgehead atoms. The number of aliphatic imine (C=N–C) groups is 1. The molecular formula is C15H18FIN2S. The quantitative estimate of drug-likeness (QED) is 0.674. The molecule has 0 atom stereocenters. The van der Waals surface area contributed by atoms with Crippen molar-refractivity contribution in [1.29, 1.82) is 0 Å². The Bertz CT molecular complexity index is 539. The summed E-state index contributed by atoms with van der Waals surface area (Å²) in [6.45, 7) is 2.33. The molecular weight excluding hydrogens is 386 g/mol. The minimum absolute atomic E-state index is 0.158. The number of halogens is 2. The van der Waals surface area contributed by atoms with Crippen molar-refractivity contribution < 1.29 is 4.39 Å². The van der Waals surface area contributed by atoms with Gasteiger partial charge in [-0.1, -0.05) is 18.7 Å². The van der Waals surface area contributed by atoms with Crippen molar-refractivity contribution in [2.75, 3.05) is 11.1 Å². The number of hydrogen-bond acceptors (Lipinski definition) is 3. The largest absolute Gasteiger partial charge is 0.334 e. The summed E-state index contributed by atoms with van der Waals surface area (Å²) in [6, 6.07) is 4.82. The number of thioether (sulfide) groups is 1. The van der Waals surface area contributed by atoms with Crippen molar-refractivity contribution in [1.82, 2.24) is 0 Å². The first kappa shape index (κ1) is 14.6. The van der Waals surface area contributed by atoms with Crippen molar-refractivity contribution in [3.63, 3.8) is 0 Å². The second kappa shape index (κ2) is 5.83. The van der Waals surface area contributed by atoms with Crippen molar-refractivity contribution in [2.45, 2.75) is 38.1 Å². The maximum Gasteiger partial charge on any atom is 0.161 e.